The number of rotatable bonds is 4. The summed E-state index contributed by atoms with van der Waals surface area (Å²) in [5.74, 6) is -2.35. The van der Waals surface area contributed by atoms with E-state index in [1.807, 2.05) is 0 Å². The number of carboxylic acids is 1. The van der Waals surface area contributed by atoms with Crippen LogP contribution in [0.25, 0.3) is 0 Å². The summed E-state index contributed by atoms with van der Waals surface area (Å²) in [5.41, 5.74) is -0.708. The molecule has 1 rings (SSSR count). The molecule has 0 aromatic heterocycles. The second-order valence-electron chi connectivity index (χ2n) is 2.94. The van der Waals surface area contributed by atoms with Crippen LogP contribution >= 0.6 is 0 Å². The van der Waals surface area contributed by atoms with Gasteiger partial charge in [-0.15, -0.1) is 0 Å². The van der Waals surface area contributed by atoms with E-state index in [9.17, 15) is 19.3 Å². The van der Waals surface area contributed by atoms with Gasteiger partial charge in [0.05, 0.1) is 18.5 Å². The first-order valence-corrected chi connectivity index (χ1v) is 4.18. The molecular formula is C9H8FNO5. The third-order valence-corrected chi connectivity index (χ3v) is 1.89. The maximum Gasteiger partial charge on any atom is 0.311 e. The Balaban J connectivity index is 3.27. The van der Waals surface area contributed by atoms with Crippen molar-refractivity contribution in [3.8, 4) is 5.75 Å². The van der Waals surface area contributed by atoms with Crippen LogP contribution in [0.1, 0.15) is 5.56 Å². The van der Waals surface area contributed by atoms with Gasteiger partial charge in [-0.1, -0.05) is 0 Å². The molecule has 6 nitrogen and oxygen atoms in total. The number of benzene rings is 1. The molecule has 1 aromatic rings. The van der Waals surface area contributed by atoms with E-state index in [0.717, 1.165) is 12.1 Å². The highest BCUT2D eigenvalue weighted by Gasteiger charge is 2.20. The molecule has 0 amide bonds. The standard InChI is InChI=1S/C9H8FNO5/c1-16-8-4-6(10)5(3-9(12)13)2-7(8)11(14)15/h2,4H,3H2,1H3,(H,12,13). The van der Waals surface area contributed by atoms with Crippen LogP contribution in [0, 0.1) is 15.9 Å². The monoisotopic (exact) mass is 229 g/mol. The minimum atomic E-state index is -1.27. The molecule has 0 saturated carbocycles. The Hall–Kier alpha value is -2.18. The maximum absolute atomic E-state index is 13.3. The molecule has 0 aliphatic heterocycles. The average molecular weight is 229 g/mol. The number of hydrogen-bond acceptors (Lipinski definition) is 4. The number of nitrogens with zero attached hydrogens (tertiary/aromatic N) is 1. The van der Waals surface area contributed by atoms with Crippen LogP contribution in [0.3, 0.4) is 0 Å². The lowest BCUT2D eigenvalue weighted by molar-refractivity contribution is -0.385. The Morgan fingerprint density at radius 2 is 2.25 bits per heavy atom. The lowest BCUT2D eigenvalue weighted by Crippen LogP contribution is -2.04. The molecular weight excluding hydrogens is 221 g/mol. The van der Waals surface area contributed by atoms with E-state index in [1.54, 1.807) is 0 Å². The Morgan fingerprint density at radius 1 is 1.62 bits per heavy atom. The smallest absolute Gasteiger partial charge is 0.311 e. The van der Waals surface area contributed by atoms with Crippen LogP contribution in [0.15, 0.2) is 12.1 Å². The van der Waals surface area contributed by atoms with Gasteiger partial charge in [0, 0.05) is 17.7 Å². The zero-order valence-corrected chi connectivity index (χ0v) is 8.27. The first-order valence-electron chi connectivity index (χ1n) is 4.18. The largest absolute Gasteiger partial charge is 0.490 e. The van der Waals surface area contributed by atoms with Crippen molar-refractivity contribution in [2.75, 3.05) is 7.11 Å². The van der Waals surface area contributed by atoms with E-state index in [1.165, 1.54) is 7.11 Å². The van der Waals surface area contributed by atoms with Crippen molar-refractivity contribution in [3.05, 3.63) is 33.6 Å². The van der Waals surface area contributed by atoms with Gasteiger partial charge in [-0.2, -0.15) is 0 Å². The number of aliphatic carboxylic acids is 1. The van der Waals surface area contributed by atoms with E-state index in [0.29, 0.717) is 0 Å². The van der Waals surface area contributed by atoms with E-state index >= 15 is 0 Å². The third-order valence-electron chi connectivity index (χ3n) is 1.89. The van der Waals surface area contributed by atoms with Crippen LogP contribution in [-0.2, 0) is 11.2 Å². The summed E-state index contributed by atoms with van der Waals surface area (Å²) in [5, 5.41) is 19.1. The molecule has 0 spiro atoms. The number of carboxylic acid groups (broad SMARTS) is 1. The predicted octanol–water partition coefficient (Wildman–Crippen LogP) is 1.37. The minimum Gasteiger partial charge on any atom is -0.490 e. The number of carbonyl (C=O) groups is 1. The van der Waals surface area contributed by atoms with Crippen LogP contribution in [-0.4, -0.2) is 23.1 Å². The van der Waals surface area contributed by atoms with Crippen molar-refractivity contribution < 1.29 is 24.0 Å². The van der Waals surface area contributed by atoms with Crippen molar-refractivity contribution in [3.63, 3.8) is 0 Å². The maximum atomic E-state index is 13.3. The normalized spacial score (nSPS) is 9.88. The fraction of sp³-hybridized carbons (Fsp3) is 0.222. The second kappa shape index (κ2) is 4.56. The summed E-state index contributed by atoms with van der Waals surface area (Å²) in [6, 6.07) is 1.67. The summed E-state index contributed by atoms with van der Waals surface area (Å²) in [6.07, 6.45) is -0.614. The highest BCUT2D eigenvalue weighted by molar-refractivity contribution is 5.71. The molecule has 0 aliphatic carbocycles. The van der Waals surface area contributed by atoms with E-state index in [2.05, 4.69) is 4.74 Å². The van der Waals surface area contributed by atoms with Gasteiger partial charge in [0.15, 0.2) is 5.75 Å². The summed E-state index contributed by atoms with van der Waals surface area (Å²) in [6.45, 7) is 0. The van der Waals surface area contributed by atoms with Crippen molar-refractivity contribution in [1.29, 1.82) is 0 Å². The number of methoxy groups -OCH3 is 1. The Morgan fingerprint density at radius 3 is 2.69 bits per heavy atom. The molecule has 0 bridgehead atoms. The predicted molar refractivity (Wildman–Crippen MR) is 50.9 cm³/mol. The Bertz CT molecular complexity index is 446. The van der Waals surface area contributed by atoms with Crippen LogP contribution in [0.5, 0.6) is 5.75 Å². The van der Waals surface area contributed by atoms with Gasteiger partial charge in [0.2, 0.25) is 0 Å². The quantitative estimate of drug-likeness (QED) is 0.622. The third kappa shape index (κ3) is 2.44. The molecule has 0 atom stereocenters. The number of hydrogen-bond donors (Lipinski definition) is 1. The number of nitro groups is 1. The van der Waals surface area contributed by atoms with Gasteiger partial charge in [-0.3, -0.25) is 14.9 Å². The highest BCUT2D eigenvalue weighted by Crippen LogP contribution is 2.29. The lowest BCUT2D eigenvalue weighted by atomic mass is 10.1. The SMILES string of the molecule is COc1cc(F)c(CC(=O)O)cc1[N+](=O)[O-]. The van der Waals surface area contributed by atoms with Crippen molar-refractivity contribution in [2.45, 2.75) is 6.42 Å². The van der Waals surface area contributed by atoms with Crippen molar-refractivity contribution >= 4 is 11.7 Å². The molecule has 1 N–H and O–H groups in total. The van der Waals surface area contributed by atoms with Gasteiger partial charge in [-0.05, 0) is 0 Å². The first-order chi connectivity index (χ1) is 7.45. The molecule has 0 fully saturated rings. The molecule has 7 heteroatoms. The van der Waals surface area contributed by atoms with E-state index in [-0.39, 0.29) is 11.3 Å². The van der Waals surface area contributed by atoms with Crippen LogP contribution in [0.2, 0.25) is 0 Å². The molecule has 0 heterocycles. The van der Waals surface area contributed by atoms with Crippen molar-refractivity contribution in [2.24, 2.45) is 0 Å². The average Bonchev–Trinajstić information content (AvgIpc) is 2.19. The highest BCUT2D eigenvalue weighted by atomic mass is 19.1. The number of nitro benzene ring substituents is 1. The van der Waals surface area contributed by atoms with Gasteiger partial charge < -0.3 is 9.84 Å². The van der Waals surface area contributed by atoms with Gasteiger partial charge >= 0.3 is 11.7 Å². The summed E-state index contributed by atoms with van der Waals surface area (Å²) < 4.78 is 17.9. The second-order valence-corrected chi connectivity index (χ2v) is 2.94. The molecule has 0 aliphatic rings. The molecule has 0 saturated heterocycles. The number of halogens is 1. The Kier molecular flexibility index (Phi) is 3.39. The summed E-state index contributed by atoms with van der Waals surface area (Å²) in [7, 11) is 1.17. The summed E-state index contributed by atoms with van der Waals surface area (Å²) in [4.78, 5) is 20.2. The van der Waals surface area contributed by atoms with E-state index in [4.69, 9.17) is 5.11 Å². The topological polar surface area (TPSA) is 89.7 Å². The van der Waals surface area contributed by atoms with Gasteiger partial charge in [0.1, 0.15) is 5.82 Å². The molecule has 86 valence electrons. The van der Waals surface area contributed by atoms with Crippen molar-refractivity contribution in [1.82, 2.24) is 0 Å². The zero-order valence-electron chi connectivity index (χ0n) is 8.27. The van der Waals surface area contributed by atoms with Crippen LogP contribution in [0.4, 0.5) is 10.1 Å². The minimum absolute atomic E-state index is 0.239. The zero-order chi connectivity index (χ0) is 12.3. The molecule has 0 radical (unpaired) electrons. The van der Waals surface area contributed by atoms with Crippen LogP contribution < -0.4 is 4.74 Å². The fourth-order valence-corrected chi connectivity index (χ4v) is 1.19. The number of ether oxygens (including phenoxy) is 1. The summed E-state index contributed by atoms with van der Waals surface area (Å²) >= 11 is 0. The molecule has 0 unspecified atom stereocenters. The molecule has 1 aromatic carbocycles. The molecule has 16 heavy (non-hydrogen) atoms. The van der Waals surface area contributed by atoms with Gasteiger partial charge in [0.25, 0.3) is 0 Å². The lowest BCUT2D eigenvalue weighted by Gasteiger charge is -2.04. The van der Waals surface area contributed by atoms with Gasteiger partial charge in [-0.25, -0.2) is 4.39 Å². The fourth-order valence-electron chi connectivity index (χ4n) is 1.19. The Labute approximate surface area is 89.4 Å². The van der Waals surface area contributed by atoms with E-state index < -0.39 is 28.8 Å². The first kappa shape index (κ1) is 11.9.